The van der Waals surface area contributed by atoms with Crippen LogP contribution in [0.5, 0.6) is 5.75 Å². The minimum atomic E-state index is 0.0162. The Morgan fingerprint density at radius 2 is 2.10 bits per heavy atom. The molecule has 20 heavy (non-hydrogen) atoms. The number of carbonyl (C=O) groups is 1. The van der Waals surface area contributed by atoms with Crippen molar-refractivity contribution in [3.63, 3.8) is 0 Å². The van der Waals surface area contributed by atoms with Gasteiger partial charge in [0.2, 0.25) is 5.91 Å². The molecule has 1 saturated heterocycles. The number of hydrogen-bond donors (Lipinski definition) is 0. The third kappa shape index (κ3) is 3.67. The van der Waals surface area contributed by atoms with Crippen LogP contribution in [0.3, 0.4) is 0 Å². The summed E-state index contributed by atoms with van der Waals surface area (Å²) in [5, 5.41) is 0. The lowest BCUT2D eigenvalue weighted by Crippen LogP contribution is -2.40. The normalized spacial score (nSPS) is 18.9. The van der Waals surface area contributed by atoms with E-state index < -0.39 is 0 Å². The van der Waals surface area contributed by atoms with Gasteiger partial charge in [-0.05, 0) is 44.0 Å². The Kier molecular flexibility index (Phi) is 5.31. The molecule has 5 heteroatoms. The summed E-state index contributed by atoms with van der Waals surface area (Å²) in [5.74, 6) is 1.10. The summed E-state index contributed by atoms with van der Waals surface area (Å²) >= 11 is 1.72. The summed E-state index contributed by atoms with van der Waals surface area (Å²) in [6.07, 6.45) is 2.97. The number of carbonyl (C=O) groups excluding carboxylic acids is 1. The van der Waals surface area contributed by atoms with Gasteiger partial charge in [0.05, 0.1) is 6.04 Å². The van der Waals surface area contributed by atoms with Crippen molar-refractivity contribution < 1.29 is 9.53 Å². The van der Waals surface area contributed by atoms with Crippen molar-refractivity contribution >= 4 is 17.7 Å². The highest BCUT2D eigenvalue weighted by Gasteiger charge is 2.31. The van der Waals surface area contributed by atoms with Gasteiger partial charge in [0, 0.05) is 25.0 Å². The highest BCUT2D eigenvalue weighted by atomic mass is 32.2. The van der Waals surface area contributed by atoms with Crippen molar-refractivity contribution in [2.45, 2.75) is 17.4 Å². The number of rotatable bonds is 6. The van der Waals surface area contributed by atoms with Crippen molar-refractivity contribution in [1.82, 2.24) is 9.80 Å². The maximum atomic E-state index is 11.9. The van der Waals surface area contributed by atoms with Crippen LogP contribution in [0.25, 0.3) is 0 Å². The molecule has 0 aromatic heterocycles. The van der Waals surface area contributed by atoms with Crippen LogP contribution in [-0.4, -0.2) is 61.8 Å². The van der Waals surface area contributed by atoms with Gasteiger partial charge in [-0.3, -0.25) is 9.69 Å². The predicted molar refractivity (Wildman–Crippen MR) is 82.4 cm³/mol. The summed E-state index contributed by atoms with van der Waals surface area (Å²) < 4.78 is 5.72. The fraction of sp³-hybridized carbons (Fsp3) is 0.533. The van der Waals surface area contributed by atoms with Gasteiger partial charge >= 0.3 is 0 Å². The maximum absolute atomic E-state index is 11.9. The number of likely N-dealkylation sites (tertiary alicyclic amines) is 1. The summed E-state index contributed by atoms with van der Waals surface area (Å²) in [4.78, 5) is 17.0. The van der Waals surface area contributed by atoms with Crippen molar-refractivity contribution in [2.24, 2.45) is 0 Å². The fourth-order valence-electron chi connectivity index (χ4n) is 2.35. The second-order valence-electron chi connectivity index (χ2n) is 5.07. The van der Waals surface area contributed by atoms with Crippen LogP contribution in [0.1, 0.15) is 6.42 Å². The van der Waals surface area contributed by atoms with Crippen LogP contribution in [-0.2, 0) is 4.79 Å². The van der Waals surface area contributed by atoms with Gasteiger partial charge < -0.3 is 9.64 Å². The van der Waals surface area contributed by atoms with Gasteiger partial charge in [0.15, 0.2) is 0 Å². The van der Waals surface area contributed by atoms with Gasteiger partial charge in [-0.1, -0.05) is 0 Å². The van der Waals surface area contributed by atoms with Gasteiger partial charge in [-0.2, -0.15) is 0 Å². The van der Waals surface area contributed by atoms with Crippen LogP contribution in [0.15, 0.2) is 29.2 Å². The van der Waals surface area contributed by atoms with Crippen LogP contribution in [0.2, 0.25) is 0 Å². The zero-order valence-corrected chi connectivity index (χ0v) is 13.2. The van der Waals surface area contributed by atoms with Crippen molar-refractivity contribution in [1.29, 1.82) is 0 Å². The number of nitrogens with zero attached hydrogens (tertiary/aromatic N) is 2. The molecule has 0 bridgehead atoms. The average Bonchev–Trinajstić information content (AvgIpc) is 2.80. The average molecular weight is 294 g/mol. The standard InChI is InChI=1S/C15H22N2O2S/c1-16(14-8-9-17(2)15(14)18)10-11-19-12-4-6-13(20-3)7-5-12/h4-7,14H,8-11H2,1-3H3. The van der Waals surface area contributed by atoms with Gasteiger partial charge in [0.1, 0.15) is 12.4 Å². The van der Waals surface area contributed by atoms with Crippen LogP contribution in [0, 0.1) is 0 Å². The molecule has 0 spiro atoms. The summed E-state index contributed by atoms with van der Waals surface area (Å²) in [6, 6.07) is 8.10. The van der Waals surface area contributed by atoms with E-state index in [0.29, 0.717) is 6.61 Å². The molecule has 1 aromatic rings. The molecule has 110 valence electrons. The van der Waals surface area contributed by atoms with Gasteiger partial charge in [0.25, 0.3) is 0 Å². The monoisotopic (exact) mass is 294 g/mol. The molecule has 1 atom stereocenters. The molecular formula is C15H22N2O2S. The Hall–Kier alpha value is -1.20. The molecule has 4 nitrogen and oxygen atoms in total. The maximum Gasteiger partial charge on any atom is 0.239 e. The molecule has 1 unspecified atom stereocenters. The molecule has 1 aliphatic heterocycles. The number of benzene rings is 1. The Morgan fingerprint density at radius 1 is 1.40 bits per heavy atom. The molecule has 0 saturated carbocycles. The first-order valence-electron chi connectivity index (χ1n) is 6.84. The van der Waals surface area contributed by atoms with E-state index in [2.05, 4.69) is 23.3 Å². The number of ether oxygens (including phenoxy) is 1. The van der Waals surface area contributed by atoms with Crippen molar-refractivity contribution in [3.05, 3.63) is 24.3 Å². The topological polar surface area (TPSA) is 32.8 Å². The smallest absolute Gasteiger partial charge is 0.239 e. The third-order valence-electron chi connectivity index (χ3n) is 3.70. The number of amides is 1. The zero-order chi connectivity index (χ0) is 14.5. The fourth-order valence-corrected chi connectivity index (χ4v) is 2.76. The minimum absolute atomic E-state index is 0.0162. The van der Waals surface area contributed by atoms with Gasteiger partial charge in [-0.25, -0.2) is 0 Å². The first kappa shape index (κ1) is 15.2. The van der Waals surface area contributed by atoms with E-state index in [4.69, 9.17) is 4.74 Å². The summed E-state index contributed by atoms with van der Waals surface area (Å²) in [7, 11) is 3.85. The molecule has 1 fully saturated rings. The largest absolute Gasteiger partial charge is 0.492 e. The summed E-state index contributed by atoms with van der Waals surface area (Å²) in [5.41, 5.74) is 0. The predicted octanol–water partition coefficient (Wildman–Crippen LogP) is 1.95. The quantitative estimate of drug-likeness (QED) is 0.751. The van der Waals surface area contributed by atoms with E-state index in [1.165, 1.54) is 4.90 Å². The van der Waals surface area contributed by atoms with E-state index in [1.54, 1.807) is 16.7 Å². The molecule has 1 heterocycles. The molecule has 0 radical (unpaired) electrons. The number of thioether (sulfide) groups is 1. The minimum Gasteiger partial charge on any atom is -0.492 e. The Bertz CT molecular complexity index is 450. The SMILES string of the molecule is CSc1ccc(OCCN(C)C2CCN(C)C2=O)cc1. The first-order chi connectivity index (χ1) is 9.61. The lowest BCUT2D eigenvalue weighted by molar-refractivity contribution is -0.130. The van der Waals surface area contributed by atoms with Crippen molar-refractivity contribution in [3.8, 4) is 5.75 Å². The molecule has 1 aromatic carbocycles. The molecule has 0 N–H and O–H groups in total. The van der Waals surface area contributed by atoms with Crippen LogP contribution < -0.4 is 4.74 Å². The van der Waals surface area contributed by atoms with Crippen LogP contribution >= 0.6 is 11.8 Å². The van der Waals surface area contributed by atoms with Crippen LogP contribution in [0.4, 0.5) is 0 Å². The number of likely N-dealkylation sites (N-methyl/N-ethyl adjacent to an activating group) is 2. The molecule has 2 rings (SSSR count). The molecular weight excluding hydrogens is 272 g/mol. The lowest BCUT2D eigenvalue weighted by Gasteiger charge is -2.22. The number of hydrogen-bond acceptors (Lipinski definition) is 4. The molecule has 1 aliphatic rings. The van der Waals surface area contributed by atoms with E-state index >= 15 is 0 Å². The highest BCUT2D eigenvalue weighted by molar-refractivity contribution is 7.98. The van der Waals surface area contributed by atoms with Gasteiger partial charge in [-0.15, -0.1) is 11.8 Å². The Morgan fingerprint density at radius 3 is 2.65 bits per heavy atom. The third-order valence-corrected chi connectivity index (χ3v) is 4.45. The van der Waals surface area contributed by atoms with E-state index in [1.807, 2.05) is 26.2 Å². The zero-order valence-electron chi connectivity index (χ0n) is 12.3. The lowest BCUT2D eigenvalue weighted by atomic mass is 10.2. The molecule has 1 amide bonds. The van der Waals surface area contributed by atoms with E-state index in [0.717, 1.165) is 25.3 Å². The Labute approximate surface area is 125 Å². The van der Waals surface area contributed by atoms with E-state index in [9.17, 15) is 4.79 Å². The highest BCUT2D eigenvalue weighted by Crippen LogP contribution is 2.19. The first-order valence-corrected chi connectivity index (χ1v) is 8.06. The van der Waals surface area contributed by atoms with E-state index in [-0.39, 0.29) is 11.9 Å². The second kappa shape index (κ2) is 6.99. The molecule has 0 aliphatic carbocycles. The Balaban J connectivity index is 1.76. The summed E-state index contributed by atoms with van der Waals surface area (Å²) in [6.45, 7) is 2.21. The second-order valence-corrected chi connectivity index (χ2v) is 5.95. The van der Waals surface area contributed by atoms with Crippen molar-refractivity contribution in [2.75, 3.05) is 40.0 Å².